The van der Waals surface area contributed by atoms with Crippen LogP contribution in [0.1, 0.15) is 20.8 Å². The third kappa shape index (κ3) is 4.00. The second-order valence-corrected chi connectivity index (χ2v) is 4.36. The molecule has 0 aliphatic heterocycles. The van der Waals surface area contributed by atoms with E-state index >= 15 is 0 Å². The van der Waals surface area contributed by atoms with Crippen molar-refractivity contribution >= 4 is 17.3 Å². The normalized spacial score (nSPS) is 12.3. The van der Waals surface area contributed by atoms with Gasteiger partial charge >= 0.3 is 0 Å². The van der Waals surface area contributed by atoms with Crippen LogP contribution in [0.25, 0.3) is 0 Å². The largest absolute Gasteiger partial charge is 0.381 e. The Morgan fingerprint density at radius 3 is 2.50 bits per heavy atom. The van der Waals surface area contributed by atoms with Gasteiger partial charge < -0.3 is 15.4 Å². The van der Waals surface area contributed by atoms with Gasteiger partial charge in [-0.2, -0.15) is 0 Å². The third-order valence-electron chi connectivity index (χ3n) is 2.41. The van der Waals surface area contributed by atoms with Crippen molar-refractivity contribution in [3.63, 3.8) is 0 Å². The average molecular weight is 254 g/mol. The van der Waals surface area contributed by atoms with E-state index in [0.717, 1.165) is 0 Å². The summed E-state index contributed by atoms with van der Waals surface area (Å²) < 4.78 is 18.1. The summed E-state index contributed by atoms with van der Waals surface area (Å²) in [6.45, 7) is 5.56. The van der Waals surface area contributed by atoms with E-state index in [-0.39, 0.29) is 11.9 Å². The SMILES string of the molecule is COC(C)C(=O)Nc1cc(F)ccc1NC(C)C. The van der Waals surface area contributed by atoms with Crippen LogP contribution in [0, 0.1) is 5.82 Å². The Labute approximate surface area is 107 Å². The summed E-state index contributed by atoms with van der Waals surface area (Å²) in [6.07, 6.45) is -0.583. The highest BCUT2D eigenvalue weighted by molar-refractivity contribution is 5.96. The lowest BCUT2D eigenvalue weighted by atomic mass is 10.2. The smallest absolute Gasteiger partial charge is 0.253 e. The highest BCUT2D eigenvalue weighted by atomic mass is 19.1. The van der Waals surface area contributed by atoms with Crippen LogP contribution in [0.2, 0.25) is 0 Å². The van der Waals surface area contributed by atoms with Gasteiger partial charge in [0.2, 0.25) is 0 Å². The summed E-state index contributed by atoms with van der Waals surface area (Å²) in [5.41, 5.74) is 1.10. The fraction of sp³-hybridized carbons (Fsp3) is 0.462. The highest BCUT2D eigenvalue weighted by Gasteiger charge is 2.14. The Hall–Kier alpha value is -1.62. The standard InChI is InChI=1S/C13H19FN2O2/c1-8(2)15-11-6-5-10(14)7-12(11)16-13(17)9(3)18-4/h5-9,15H,1-4H3,(H,16,17). The molecule has 0 saturated heterocycles. The molecule has 0 radical (unpaired) electrons. The minimum atomic E-state index is -0.583. The first-order chi connectivity index (χ1) is 8.43. The van der Waals surface area contributed by atoms with E-state index in [0.29, 0.717) is 11.4 Å². The predicted molar refractivity (Wildman–Crippen MR) is 70.3 cm³/mol. The number of benzene rings is 1. The Balaban J connectivity index is 2.91. The van der Waals surface area contributed by atoms with Crippen molar-refractivity contribution in [1.82, 2.24) is 0 Å². The molecule has 4 nitrogen and oxygen atoms in total. The number of ether oxygens (including phenoxy) is 1. The molecule has 0 heterocycles. The van der Waals surface area contributed by atoms with Crippen molar-refractivity contribution < 1.29 is 13.9 Å². The summed E-state index contributed by atoms with van der Waals surface area (Å²) in [5, 5.41) is 5.78. The second-order valence-electron chi connectivity index (χ2n) is 4.36. The summed E-state index contributed by atoms with van der Waals surface area (Å²) in [7, 11) is 1.45. The molecule has 1 rings (SSSR count). The molecule has 0 aliphatic carbocycles. The lowest BCUT2D eigenvalue weighted by Crippen LogP contribution is -2.27. The third-order valence-corrected chi connectivity index (χ3v) is 2.41. The van der Waals surface area contributed by atoms with E-state index in [1.807, 2.05) is 13.8 Å². The monoisotopic (exact) mass is 254 g/mol. The first-order valence-corrected chi connectivity index (χ1v) is 5.83. The molecule has 18 heavy (non-hydrogen) atoms. The van der Waals surface area contributed by atoms with E-state index in [1.165, 1.54) is 19.2 Å². The number of halogens is 1. The molecule has 0 saturated carbocycles. The van der Waals surface area contributed by atoms with Crippen LogP contribution in [-0.4, -0.2) is 25.2 Å². The molecular formula is C13H19FN2O2. The van der Waals surface area contributed by atoms with Gasteiger partial charge in [-0.3, -0.25) is 4.79 Å². The van der Waals surface area contributed by atoms with Gasteiger partial charge in [-0.25, -0.2) is 4.39 Å². The van der Waals surface area contributed by atoms with Crippen molar-refractivity contribution in [3.8, 4) is 0 Å². The van der Waals surface area contributed by atoms with E-state index in [9.17, 15) is 9.18 Å². The number of rotatable bonds is 5. The lowest BCUT2D eigenvalue weighted by molar-refractivity contribution is -0.124. The first-order valence-electron chi connectivity index (χ1n) is 5.83. The van der Waals surface area contributed by atoms with Crippen LogP contribution in [0.3, 0.4) is 0 Å². The van der Waals surface area contributed by atoms with Gasteiger partial charge in [0.05, 0.1) is 11.4 Å². The van der Waals surface area contributed by atoms with Gasteiger partial charge in [-0.05, 0) is 39.0 Å². The quantitative estimate of drug-likeness (QED) is 0.849. The van der Waals surface area contributed by atoms with Crippen LogP contribution in [-0.2, 0) is 9.53 Å². The maximum absolute atomic E-state index is 13.2. The Morgan fingerprint density at radius 1 is 1.28 bits per heavy atom. The van der Waals surface area contributed by atoms with Crippen molar-refractivity contribution in [3.05, 3.63) is 24.0 Å². The minimum absolute atomic E-state index is 0.186. The maximum Gasteiger partial charge on any atom is 0.253 e. The molecule has 1 amide bonds. The Morgan fingerprint density at radius 2 is 1.94 bits per heavy atom. The number of carbonyl (C=O) groups is 1. The molecule has 0 bridgehead atoms. The number of hydrogen-bond acceptors (Lipinski definition) is 3. The molecule has 5 heteroatoms. The Bertz CT molecular complexity index is 421. The number of nitrogens with one attached hydrogen (secondary N) is 2. The Kier molecular flexibility index (Phi) is 5.09. The minimum Gasteiger partial charge on any atom is -0.381 e. The molecular weight excluding hydrogens is 235 g/mol. The number of carbonyl (C=O) groups excluding carboxylic acids is 1. The van der Waals surface area contributed by atoms with Gasteiger partial charge in [-0.1, -0.05) is 0 Å². The van der Waals surface area contributed by atoms with Crippen molar-refractivity contribution in [2.24, 2.45) is 0 Å². The van der Waals surface area contributed by atoms with Crippen LogP contribution >= 0.6 is 0 Å². The molecule has 100 valence electrons. The summed E-state index contributed by atoms with van der Waals surface area (Å²) in [5.74, 6) is -0.709. The average Bonchev–Trinajstić information content (AvgIpc) is 2.31. The summed E-state index contributed by atoms with van der Waals surface area (Å²) in [6, 6.07) is 4.42. The number of amides is 1. The maximum atomic E-state index is 13.2. The zero-order chi connectivity index (χ0) is 13.7. The lowest BCUT2D eigenvalue weighted by Gasteiger charge is -2.17. The molecule has 1 aromatic rings. The van der Waals surface area contributed by atoms with Crippen molar-refractivity contribution in [1.29, 1.82) is 0 Å². The number of methoxy groups -OCH3 is 1. The van der Waals surface area contributed by atoms with Crippen LogP contribution in [0.5, 0.6) is 0 Å². The summed E-state index contributed by atoms with van der Waals surface area (Å²) in [4.78, 5) is 11.7. The van der Waals surface area contributed by atoms with Crippen LogP contribution in [0.15, 0.2) is 18.2 Å². The zero-order valence-electron chi connectivity index (χ0n) is 11.1. The number of hydrogen-bond donors (Lipinski definition) is 2. The molecule has 1 atom stereocenters. The molecule has 1 aromatic carbocycles. The van der Waals surface area contributed by atoms with Crippen LogP contribution in [0.4, 0.5) is 15.8 Å². The fourth-order valence-electron chi connectivity index (χ4n) is 1.40. The van der Waals surface area contributed by atoms with Crippen molar-refractivity contribution in [2.75, 3.05) is 17.7 Å². The topological polar surface area (TPSA) is 50.4 Å². The zero-order valence-corrected chi connectivity index (χ0v) is 11.1. The van der Waals surface area contributed by atoms with Gasteiger partial charge in [0.15, 0.2) is 0 Å². The van der Waals surface area contributed by atoms with Crippen molar-refractivity contribution in [2.45, 2.75) is 32.9 Å². The van der Waals surface area contributed by atoms with Crippen LogP contribution < -0.4 is 10.6 Å². The molecule has 0 spiro atoms. The number of anilines is 2. The van der Waals surface area contributed by atoms with E-state index in [1.54, 1.807) is 13.0 Å². The van der Waals surface area contributed by atoms with Gasteiger partial charge in [0.1, 0.15) is 11.9 Å². The molecule has 2 N–H and O–H groups in total. The predicted octanol–water partition coefficient (Wildman–Crippen LogP) is 2.62. The molecule has 0 aromatic heterocycles. The molecule has 0 fully saturated rings. The van der Waals surface area contributed by atoms with E-state index < -0.39 is 11.9 Å². The summed E-state index contributed by atoms with van der Waals surface area (Å²) >= 11 is 0. The fourth-order valence-corrected chi connectivity index (χ4v) is 1.40. The molecule has 1 unspecified atom stereocenters. The second kappa shape index (κ2) is 6.35. The first kappa shape index (κ1) is 14.4. The van der Waals surface area contributed by atoms with Gasteiger partial charge in [0, 0.05) is 13.2 Å². The van der Waals surface area contributed by atoms with E-state index in [2.05, 4.69) is 10.6 Å². The van der Waals surface area contributed by atoms with Gasteiger partial charge in [-0.15, -0.1) is 0 Å². The van der Waals surface area contributed by atoms with E-state index in [4.69, 9.17) is 4.74 Å². The highest BCUT2D eigenvalue weighted by Crippen LogP contribution is 2.23. The molecule has 0 aliphatic rings. The van der Waals surface area contributed by atoms with Gasteiger partial charge in [0.25, 0.3) is 5.91 Å².